The number of aliphatic hydroxyl groups is 1. The molecule has 0 bridgehead atoms. The molecule has 0 fully saturated rings. The molecule has 1 heteroatoms. The van der Waals surface area contributed by atoms with E-state index in [0.29, 0.717) is 5.92 Å². The van der Waals surface area contributed by atoms with E-state index < -0.39 is 5.60 Å². The summed E-state index contributed by atoms with van der Waals surface area (Å²) in [4.78, 5) is 0. The molecule has 0 aliphatic rings. The Morgan fingerprint density at radius 1 is 1.40 bits per heavy atom. The van der Waals surface area contributed by atoms with Crippen molar-refractivity contribution in [2.24, 2.45) is 5.92 Å². The lowest BCUT2D eigenvalue weighted by Gasteiger charge is -2.21. The summed E-state index contributed by atoms with van der Waals surface area (Å²) in [5.41, 5.74) is -0.478. The molecule has 0 aliphatic carbocycles. The maximum atomic E-state index is 9.41. The van der Waals surface area contributed by atoms with Gasteiger partial charge in [0.05, 0.1) is 5.60 Å². The van der Waals surface area contributed by atoms with E-state index in [2.05, 4.69) is 13.8 Å². The molecular weight excluding hydrogens is 124 g/mol. The van der Waals surface area contributed by atoms with Gasteiger partial charge in [-0.25, -0.2) is 0 Å². The molecule has 1 nitrogen and oxygen atoms in total. The van der Waals surface area contributed by atoms with Crippen molar-refractivity contribution in [2.75, 3.05) is 0 Å². The molecule has 0 saturated heterocycles. The van der Waals surface area contributed by atoms with Gasteiger partial charge in [-0.2, -0.15) is 0 Å². The summed E-state index contributed by atoms with van der Waals surface area (Å²) < 4.78 is 0. The first kappa shape index (κ1) is 9.96. The fraction of sp³-hybridized carbons (Fsp3) is 1.00. The minimum absolute atomic E-state index is 0.478. The van der Waals surface area contributed by atoms with Crippen LogP contribution in [0, 0.1) is 5.92 Å². The zero-order valence-corrected chi connectivity index (χ0v) is 7.65. The van der Waals surface area contributed by atoms with Gasteiger partial charge in [0.2, 0.25) is 0 Å². The van der Waals surface area contributed by atoms with Crippen molar-refractivity contribution < 1.29 is 5.11 Å². The fourth-order valence-electron chi connectivity index (χ4n) is 1.45. The van der Waals surface area contributed by atoms with Crippen molar-refractivity contribution in [3.05, 3.63) is 0 Å². The van der Waals surface area contributed by atoms with Crippen LogP contribution in [0.4, 0.5) is 0 Å². The van der Waals surface area contributed by atoms with E-state index in [0.717, 1.165) is 6.42 Å². The predicted octanol–water partition coefficient (Wildman–Crippen LogP) is 2.58. The van der Waals surface area contributed by atoms with Crippen LogP contribution in [0.3, 0.4) is 0 Å². The smallest absolute Gasteiger partial charge is 0.0594 e. The number of rotatable bonds is 4. The summed E-state index contributed by atoms with van der Waals surface area (Å²) in [7, 11) is 0. The molecule has 0 aromatic carbocycles. The first-order chi connectivity index (χ1) is 4.45. The summed E-state index contributed by atoms with van der Waals surface area (Å²) in [6.07, 6.45) is 3.36. The second-order valence-corrected chi connectivity index (χ2v) is 3.91. The Kier molecular flexibility index (Phi) is 3.95. The molecule has 0 spiro atoms. The van der Waals surface area contributed by atoms with E-state index in [1.165, 1.54) is 12.8 Å². The average Bonchev–Trinajstić information content (AvgIpc) is 1.59. The van der Waals surface area contributed by atoms with Gasteiger partial charge in [-0.1, -0.05) is 26.7 Å². The summed E-state index contributed by atoms with van der Waals surface area (Å²) in [6.45, 7) is 8.13. The van der Waals surface area contributed by atoms with Crippen molar-refractivity contribution in [1.82, 2.24) is 0 Å². The predicted molar refractivity (Wildman–Crippen MR) is 45.0 cm³/mol. The quantitative estimate of drug-likeness (QED) is 0.643. The van der Waals surface area contributed by atoms with Crippen molar-refractivity contribution in [3.63, 3.8) is 0 Å². The van der Waals surface area contributed by atoms with E-state index in [1.54, 1.807) is 0 Å². The Labute approximate surface area is 64.5 Å². The van der Waals surface area contributed by atoms with Crippen LogP contribution in [0.2, 0.25) is 0 Å². The standard InChI is InChI=1S/C9H20O/c1-5-6-8(2)7-9(3,4)10/h8,10H,5-7H2,1-4H3. The average molecular weight is 144 g/mol. The third kappa shape index (κ3) is 6.09. The Morgan fingerprint density at radius 3 is 2.20 bits per heavy atom. The van der Waals surface area contributed by atoms with Gasteiger partial charge in [-0.05, 0) is 26.2 Å². The molecule has 10 heavy (non-hydrogen) atoms. The van der Waals surface area contributed by atoms with Gasteiger partial charge in [-0.3, -0.25) is 0 Å². The van der Waals surface area contributed by atoms with E-state index in [4.69, 9.17) is 0 Å². The summed E-state index contributed by atoms with van der Waals surface area (Å²) in [5, 5.41) is 9.41. The van der Waals surface area contributed by atoms with Crippen molar-refractivity contribution in [2.45, 2.75) is 52.6 Å². The first-order valence-corrected chi connectivity index (χ1v) is 4.18. The van der Waals surface area contributed by atoms with Crippen LogP contribution in [-0.2, 0) is 0 Å². The lowest BCUT2D eigenvalue weighted by Crippen LogP contribution is -2.21. The van der Waals surface area contributed by atoms with Crippen molar-refractivity contribution in [1.29, 1.82) is 0 Å². The van der Waals surface area contributed by atoms with Gasteiger partial charge in [0, 0.05) is 0 Å². The minimum atomic E-state index is -0.478. The number of hydrogen-bond acceptors (Lipinski definition) is 1. The highest BCUT2D eigenvalue weighted by Gasteiger charge is 2.15. The van der Waals surface area contributed by atoms with Gasteiger partial charge in [0.15, 0.2) is 0 Å². The van der Waals surface area contributed by atoms with Crippen molar-refractivity contribution in [3.8, 4) is 0 Å². The van der Waals surface area contributed by atoms with Gasteiger partial charge in [0.1, 0.15) is 0 Å². The molecule has 0 aromatic heterocycles. The molecule has 62 valence electrons. The fourth-order valence-corrected chi connectivity index (χ4v) is 1.45. The third-order valence-corrected chi connectivity index (χ3v) is 1.63. The SMILES string of the molecule is CCCC(C)CC(C)(C)O. The molecule has 0 amide bonds. The Morgan fingerprint density at radius 2 is 1.90 bits per heavy atom. The van der Waals surface area contributed by atoms with Crippen LogP contribution in [-0.4, -0.2) is 10.7 Å². The molecule has 0 saturated carbocycles. The van der Waals surface area contributed by atoms with Crippen LogP contribution < -0.4 is 0 Å². The largest absolute Gasteiger partial charge is 0.390 e. The molecule has 0 rings (SSSR count). The highest BCUT2D eigenvalue weighted by atomic mass is 16.3. The molecular formula is C9H20O. The monoisotopic (exact) mass is 144 g/mol. The van der Waals surface area contributed by atoms with Gasteiger partial charge < -0.3 is 5.11 Å². The van der Waals surface area contributed by atoms with E-state index in [1.807, 2.05) is 13.8 Å². The minimum Gasteiger partial charge on any atom is -0.390 e. The van der Waals surface area contributed by atoms with Gasteiger partial charge in [0.25, 0.3) is 0 Å². The topological polar surface area (TPSA) is 20.2 Å². The van der Waals surface area contributed by atoms with Crippen LogP contribution >= 0.6 is 0 Å². The Bertz CT molecular complexity index is 81.2. The Balaban J connectivity index is 3.47. The third-order valence-electron chi connectivity index (χ3n) is 1.63. The zero-order valence-electron chi connectivity index (χ0n) is 7.65. The van der Waals surface area contributed by atoms with Crippen LogP contribution in [0.1, 0.15) is 47.0 Å². The van der Waals surface area contributed by atoms with Crippen molar-refractivity contribution >= 4 is 0 Å². The number of hydrogen-bond donors (Lipinski definition) is 1. The lowest BCUT2D eigenvalue weighted by atomic mass is 9.92. The highest BCUT2D eigenvalue weighted by molar-refractivity contribution is 4.68. The molecule has 1 atom stereocenters. The maximum absolute atomic E-state index is 9.41. The van der Waals surface area contributed by atoms with Gasteiger partial charge >= 0.3 is 0 Å². The normalized spacial score (nSPS) is 15.3. The molecule has 0 heterocycles. The second kappa shape index (κ2) is 3.97. The summed E-state index contributed by atoms with van der Waals surface area (Å²) in [5.74, 6) is 0.657. The highest BCUT2D eigenvalue weighted by Crippen LogP contribution is 2.19. The van der Waals surface area contributed by atoms with Crippen LogP contribution in [0.25, 0.3) is 0 Å². The van der Waals surface area contributed by atoms with E-state index in [-0.39, 0.29) is 0 Å². The molecule has 0 aliphatic heterocycles. The second-order valence-electron chi connectivity index (χ2n) is 3.91. The lowest BCUT2D eigenvalue weighted by molar-refractivity contribution is 0.0539. The molecule has 0 radical (unpaired) electrons. The Hall–Kier alpha value is -0.0400. The maximum Gasteiger partial charge on any atom is 0.0594 e. The zero-order chi connectivity index (χ0) is 8.20. The van der Waals surface area contributed by atoms with Crippen LogP contribution in [0.5, 0.6) is 0 Å². The molecule has 1 unspecified atom stereocenters. The van der Waals surface area contributed by atoms with E-state index in [9.17, 15) is 5.11 Å². The van der Waals surface area contributed by atoms with E-state index >= 15 is 0 Å². The summed E-state index contributed by atoms with van der Waals surface area (Å²) >= 11 is 0. The summed E-state index contributed by atoms with van der Waals surface area (Å²) in [6, 6.07) is 0. The first-order valence-electron chi connectivity index (χ1n) is 4.18. The van der Waals surface area contributed by atoms with Crippen LogP contribution in [0.15, 0.2) is 0 Å². The molecule has 1 N–H and O–H groups in total. The molecule has 0 aromatic rings. The van der Waals surface area contributed by atoms with Gasteiger partial charge in [-0.15, -0.1) is 0 Å².